The van der Waals surface area contributed by atoms with Gasteiger partial charge in [0.15, 0.2) is 6.10 Å². The van der Waals surface area contributed by atoms with Crippen LogP contribution in [0.1, 0.15) is 28.4 Å². The van der Waals surface area contributed by atoms with Crippen LogP contribution in [0.4, 0.5) is 5.69 Å². The third kappa shape index (κ3) is 4.32. The highest BCUT2D eigenvalue weighted by Gasteiger charge is 2.20. The molecule has 0 fully saturated rings. The lowest BCUT2D eigenvalue weighted by Gasteiger charge is -2.15. The molecule has 1 unspecified atom stereocenters. The number of nitrogens with one attached hydrogen (secondary N) is 1. The molecular formula is C18H20N2O3. The van der Waals surface area contributed by atoms with Crippen molar-refractivity contribution in [3.8, 4) is 0 Å². The number of hydrogen-bond donors (Lipinski definition) is 2. The van der Waals surface area contributed by atoms with Crippen molar-refractivity contribution in [2.45, 2.75) is 26.5 Å². The molecule has 1 atom stereocenters. The molecule has 0 aliphatic carbocycles. The van der Waals surface area contributed by atoms with Crippen molar-refractivity contribution in [2.75, 3.05) is 5.73 Å². The minimum absolute atomic E-state index is 0.271. The van der Waals surface area contributed by atoms with Crippen LogP contribution in [-0.4, -0.2) is 18.0 Å². The molecular weight excluding hydrogens is 292 g/mol. The number of aryl methyl sites for hydroxylation is 1. The molecule has 120 valence electrons. The molecule has 3 N–H and O–H groups in total. The number of benzene rings is 2. The largest absolute Gasteiger partial charge is 0.449 e. The number of ether oxygens (including phenoxy) is 1. The van der Waals surface area contributed by atoms with E-state index < -0.39 is 12.1 Å². The topological polar surface area (TPSA) is 81.4 Å². The predicted molar refractivity (Wildman–Crippen MR) is 88.8 cm³/mol. The highest BCUT2D eigenvalue weighted by Crippen LogP contribution is 2.18. The van der Waals surface area contributed by atoms with E-state index >= 15 is 0 Å². The van der Waals surface area contributed by atoms with E-state index in [1.54, 1.807) is 12.1 Å². The Hall–Kier alpha value is -2.82. The minimum atomic E-state index is -0.897. The lowest BCUT2D eigenvalue weighted by molar-refractivity contribution is -0.129. The summed E-state index contributed by atoms with van der Waals surface area (Å²) in [6.45, 7) is 3.72. The van der Waals surface area contributed by atoms with Crippen LogP contribution in [0.2, 0.25) is 0 Å². The zero-order valence-corrected chi connectivity index (χ0v) is 13.2. The van der Waals surface area contributed by atoms with Gasteiger partial charge in [-0.15, -0.1) is 0 Å². The Morgan fingerprint density at radius 2 is 1.83 bits per heavy atom. The van der Waals surface area contributed by atoms with Gasteiger partial charge in [0.05, 0.1) is 5.56 Å². The Bertz CT molecular complexity index is 699. The SMILES string of the molecule is Cc1cccc(C(=O)OC(C)C(=O)NCc2ccccc2)c1N. The van der Waals surface area contributed by atoms with Gasteiger partial charge in [0.25, 0.3) is 5.91 Å². The van der Waals surface area contributed by atoms with Crippen LogP contribution in [0.3, 0.4) is 0 Å². The number of nitrogen functional groups attached to an aromatic ring is 1. The third-order valence-electron chi connectivity index (χ3n) is 3.51. The molecule has 0 saturated heterocycles. The molecule has 2 rings (SSSR count). The maximum atomic E-state index is 12.1. The molecule has 1 amide bonds. The van der Waals surface area contributed by atoms with E-state index in [0.717, 1.165) is 11.1 Å². The normalized spacial score (nSPS) is 11.6. The quantitative estimate of drug-likeness (QED) is 0.656. The fourth-order valence-corrected chi connectivity index (χ4v) is 2.06. The van der Waals surface area contributed by atoms with Gasteiger partial charge in [-0.25, -0.2) is 4.79 Å². The van der Waals surface area contributed by atoms with Gasteiger partial charge < -0.3 is 15.8 Å². The molecule has 0 radical (unpaired) electrons. The molecule has 2 aromatic rings. The van der Waals surface area contributed by atoms with Crippen LogP contribution in [0, 0.1) is 6.92 Å². The van der Waals surface area contributed by atoms with Crippen molar-refractivity contribution in [1.29, 1.82) is 0 Å². The lowest BCUT2D eigenvalue weighted by Crippen LogP contribution is -2.35. The van der Waals surface area contributed by atoms with Gasteiger partial charge in [0, 0.05) is 12.2 Å². The van der Waals surface area contributed by atoms with Gasteiger partial charge in [-0.05, 0) is 31.0 Å². The molecule has 2 aromatic carbocycles. The van der Waals surface area contributed by atoms with Gasteiger partial charge in [-0.3, -0.25) is 4.79 Å². The van der Waals surface area contributed by atoms with Crippen molar-refractivity contribution >= 4 is 17.6 Å². The summed E-state index contributed by atoms with van der Waals surface area (Å²) in [6, 6.07) is 14.6. The first-order valence-corrected chi connectivity index (χ1v) is 7.36. The molecule has 0 bridgehead atoms. The lowest BCUT2D eigenvalue weighted by atomic mass is 10.1. The Labute approximate surface area is 135 Å². The monoisotopic (exact) mass is 312 g/mol. The zero-order valence-electron chi connectivity index (χ0n) is 13.2. The highest BCUT2D eigenvalue weighted by molar-refractivity contribution is 5.97. The van der Waals surface area contributed by atoms with Gasteiger partial charge in [-0.2, -0.15) is 0 Å². The maximum absolute atomic E-state index is 12.1. The molecule has 0 saturated carbocycles. The standard InChI is InChI=1S/C18H20N2O3/c1-12-7-6-10-15(16(12)19)18(22)23-13(2)17(21)20-11-14-8-4-3-5-9-14/h3-10,13H,11,19H2,1-2H3,(H,20,21). The predicted octanol–water partition coefficient (Wildman–Crippen LogP) is 2.44. The summed E-state index contributed by atoms with van der Waals surface area (Å²) in [5, 5.41) is 2.73. The van der Waals surface area contributed by atoms with Crippen LogP contribution in [0.15, 0.2) is 48.5 Å². The van der Waals surface area contributed by atoms with E-state index in [9.17, 15) is 9.59 Å². The first-order valence-electron chi connectivity index (χ1n) is 7.36. The van der Waals surface area contributed by atoms with Crippen LogP contribution in [0.5, 0.6) is 0 Å². The molecule has 0 heterocycles. The maximum Gasteiger partial charge on any atom is 0.341 e. The van der Waals surface area contributed by atoms with Crippen molar-refractivity contribution < 1.29 is 14.3 Å². The summed E-state index contributed by atoms with van der Waals surface area (Å²) in [5.41, 5.74) is 8.28. The summed E-state index contributed by atoms with van der Waals surface area (Å²) < 4.78 is 5.19. The Morgan fingerprint density at radius 3 is 2.52 bits per heavy atom. The molecule has 5 nitrogen and oxygen atoms in total. The molecule has 0 aliphatic heterocycles. The van der Waals surface area contributed by atoms with Gasteiger partial charge in [0.2, 0.25) is 0 Å². The molecule has 23 heavy (non-hydrogen) atoms. The Balaban J connectivity index is 1.92. The molecule has 0 aromatic heterocycles. The first-order chi connectivity index (χ1) is 11.0. The summed E-state index contributed by atoms with van der Waals surface area (Å²) in [7, 11) is 0. The van der Waals surface area contributed by atoms with E-state index in [2.05, 4.69) is 5.32 Å². The second-order valence-corrected chi connectivity index (χ2v) is 5.29. The van der Waals surface area contributed by atoms with E-state index in [1.807, 2.05) is 43.3 Å². The van der Waals surface area contributed by atoms with E-state index in [4.69, 9.17) is 10.5 Å². The van der Waals surface area contributed by atoms with E-state index in [0.29, 0.717) is 12.2 Å². The van der Waals surface area contributed by atoms with Gasteiger partial charge in [-0.1, -0.05) is 42.5 Å². The van der Waals surface area contributed by atoms with Crippen LogP contribution < -0.4 is 11.1 Å². The van der Waals surface area contributed by atoms with Crippen LogP contribution >= 0.6 is 0 Å². The number of hydrogen-bond acceptors (Lipinski definition) is 4. The van der Waals surface area contributed by atoms with Crippen molar-refractivity contribution in [3.63, 3.8) is 0 Å². The first kappa shape index (κ1) is 16.5. The Kier molecular flexibility index (Phi) is 5.36. The average molecular weight is 312 g/mol. The number of amides is 1. The summed E-state index contributed by atoms with van der Waals surface area (Å²) in [6.07, 6.45) is -0.897. The van der Waals surface area contributed by atoms with Crippen molar-refractivity contribution in [3.05, 3.63) is 65.2 Å². The van der Waals surface area contributed by atoms with Crippen LogP contribution in [-0.2, 0) is 16.1 Å². The average Bonchev–Trinajstić information content (AvgIpc) is 2.55. The second kappa shape index (κ2) is 7.45. The number of carbonyl (C=O) groups excluding carboxylic acids is 2. The fraction of sp³-hybridized carbons (Fsp3) is 0.222. The molecule has 0 spiro atoms. The van der Waals surface area contributed by atoms with Crippen molar-refractivity contribution in [2.24, 2.45) is 0 Å². The number of rotatable bonds is 5. The van der Waals surface area contributed by atoms with Crippen LogP contribution in [0.25, 0.3) is 0 Å². The number of para-hydroxylation sites is 1. The van der Waals surface area contributed by atoms with Crippen molar-refractivity contribution in [1.82, 2.24) is 5.32 Å². The summed E-state index contributed by atoms with van der Waals surface area (Å²) in [5.74, 6) is -0.956. The number of esters is 1. The zero-order chi connectivity index (χ0) is 16.8. The highest BCUT2D eigenvalue weighted by atomic mass is 16.5. The molecule has 5 heteroatoms. The minimum Gasteiger partial charge on any atom is -0.449 e. The fourth-order valence-electron chi connectivity index (χ4n) is 2.06. The number of nitrogens with two attached hydrogens (primary N) is 1. The number of carbonyl (C=O) groups is 2. The summed E-state index contributed by atoms with van der Waals surface area (Å²) in [4.78, 5) is 24.1. The number of anilines is 1. The van der Waals surface area contributed by atoms with Gasteiger partial charge >= 0.3 is 5.97 Å². The smallest absolute Gasteiger partial charge is 0.341 e. The van der Waals surface area contributed by atoms with E-state index in [-0.39, 0.29) is 11.5 Å². The van der Waals surface area contributed by atoms with E-state index in [1.165, 1.54) is 6.92 Å². The third-order valence-corrected chi connectivity index (χ3v) is 3.51. The Morgan fingerprint density at radius 1 is 1.13 bits per heavy atom. The molecule has 0 aliphatic rings. The summed E-state index contributed by atoms with van der Waals surface area (Å²) >= 11 is 0. The second-order valence-electron chi connectivity index (χ2n) is 5.29. The van der Waals surface area contributed by atoms with Gasteiger partial charge in [0.1, 0.15) is 0 Å².